The Hall–Kier alpha value is -1.33. The summed E-state index contributed by atoms with van der Waals surface area (Å²) < 4.78 is 11.2. The fraction of sp³-hybridized carbons (Fsp3) is 0.889. The average molecular weight is 768 g/mol. The molecule has 6 N–H and O–H groups in total. The number of rotatable bonds is 37. The van der Waals surface area contributed by atoms with Crippen LogP contribution in [0.1, 0.15) is 200 Å². The molecule has 1 heterocycles. The van der Waals surface area contributed by atoms with Crippen molar-refractivity contribution >= 4 is 5.91 Å². The van der Waals surface area contributed by atoms with Crippen LogP contribution in [0.4, 0.5) is 0 Å². The summed E-state index contributed by atoms with van der Waals surface area (Å²) in [7, 11) is 0. The first-order valence-corrected chi connectivity index (χ1v) is 22.5. The molecule has 7 atom stereocenters. The van der Waals surface area contributed by atoms with Crippen LogP contribution in [0, 0.1) is 0 Å². The fourth-order valence-corrected chi connectivity index (χ4v) is 7.13. The molecule has 0 aliphatic carbocycles. The lowest BCUT2D eigenvalue weighted by atomic mass is 9.99. The average Bonchev–Trinajstić information content (AvgIpc) is 3.17. The summed E-state index contributed by atoms with van der Waals surface area (Å²) in [4.78, 5) is 12.9. The number of allylic oxidation sites excluding steroid dienone is 4. The van der Waals surface area contributed by atoms with Crippen LogP contribution in [0.3, 0.4) is 0 Å². The number of hydrogen-bond acceptors (Lipinski definition) is 8. The molecule has 9 nitrogen and oxygen atoms in total. The number of ether oxygens (including phenoxy) is 2. The number of aliphatic hydroxyl groups is 5. The lowest BCUT2D eigenvalue weighted by Crippen LogP contribution is -2.60. The van der Waals surface area contributed by atoms with Gasteiger partial charge >= 0.3 is 0 Å². The summed E-state index contributed by atoms with van der Waals surface area (Å²) in [6.07, 6.45) is 34.9. The largest absolute Gasteiger partial charge is 0.394 e. The smallest absolute Gasteiger partial charge is 0.220 e. The van der Waals surface area contributed by atoms with E-state index < -0.39 is 49.5 Å². The van der Waals surface area contributed by atoms with Crippen LogP contribution >= 0.6 is 0 Å². The van der Waals surface area contributed by atoms with Crippen molar-refractivity contribution in [3.05, 3.63) is 24.3 Å². The van der Waals surface area contributed by atoms with E-state index in [1.165, 1.54) is 128 Å². The van der Waals surface area contributed by atoms with Crippen LogP contribution in [0.2, 0.25) is 0 Å². The molecule has 1 rings (SSSR count). The lowest BCUT2D eigenvalue weighted by Gasteiger charge is -2.40. The van der Waals surface area contributed by atoms with Crippen molar-refractivity contribution < 1.29 is 39.8 Å². The highest BCUT2D eigenvalue weighted by atomic mass is 16.7. The number of carbonyl (C=O) groups excluding carboxylic acids is 1. The number of unbranched alkanes of at least 4 members (excludes halogenated alkanes) is 23. The number of hydrogen-bond donors (Lipinski definition) is 6. The third-order valence-electron chi connectivity index (χ3n) is 10.8. The first-order chi connectivity index (χ1) is 26.3. The monoisotopic (exact) mass is 768 g/mol. The molecule has 0 aromatic rings. The highest BCUT2D eigenvalue weighted by Crippen LogP contribution is 2.23. The van der Waals surface area contributed by atoms with E-state index in [9.17, 15) is 30.3 Å². The van der Waals surface area contributed by atoms with E-state index in [0.29, 0.717) is 12.8 Å². The Bertz CT molecular complexity index is 899. The highest BCUT2D eigenvalue weighted by Gasteiger charge is 2.44. The van der Waals surface area contributed by atoms with E-state index in [1.807, 2.05) is 0 Å². The van der Waals surface area contributed by atoms with Gasteiger partial charge < -0.3 is 40.3 Å². The fourth-order valence-electron chi connectivity index (χ4n) is 7.13. The zero-order chi connectivity index (χ0) is 39.5. The second-order valence-corrected chi connectivity index (χ2v) is 15.8. The molecular formula is C45H85NO8. The lowest BCUT2D eigenvalue weighted by molar-refractivity contribution is -0.302. The van der Waals surface area contributed by atoms with Gasteiger partial charge in [0, 0.05) is 6.42 Å². The Labute approximate surface area is 330 Å². The molecule has 0 saturated carbocycles. The van der Waals surface area contributed by atoms with Gasteiger partial charge in [-0.1, -0.05) is 173 Å². The minimum absolute atomic E-state index is 0.138. The van der Waals surface area contributed by atoms with E-state index in [2.05, 4.69) is 43.5 Å². The quantitative estimate of drug-likeness (QED) is 0.0271. The first kappa shape index (κ1) is 50.7. The summed E-state index contributed by atoms with van der Waals surface area (Å²) in [5.41, 5.74) is 0. The third kappa shape index (κ3) is 26.5. The number of nitrogens with one attached hydrogen (secondary N) is 1. The molecule has 9 heteroatoms. The zero-order valence-electron chi connectivity index (χ0n) is 34.7. The van der Waals surface area contributed by atoms with Gasteiger partial charge in [0.2, 0.25) is 5.91 Å². The van der Waals surface area contributed by atoms with Crippen molar-refractivity contribution in [1.82, 2.24) is 5.32 Å². The van der Waals surface area contributed by atoms with Crippen molar-refractivity contribution in [2.75, 3.05) is 13.2 Å². The Morgan fingerprint density at radius 3 is 1.59 bits per heavy atom. The van der Waals surface area contributed by atoms with E-state index in [0.717, 1.165) is 44.9 Å². The van der Waals surface area contributed by atoms with Crippen molar-refractivity contribution in [1.29, 1.82) is 0 Å². The Morgan fingerprint density at radius 2 is 1.09 bits per heavy atom. The standard InChI is InChI=1S/C45H85NO8/c1-3-5-7-9-11-13-14-15-16-17-18-19-20-21-22-23-24-25-26-27-29-31-33-35-41(49)46-38(39(48)34-32-30-28-12-10-8-6-4-2)37-53-45-44(52)43(51)42(50)40(36-47)54-45/h14-15,17-18,38-40,42-45,47-48,50-52H,3-13,16,19-37H2,1-2H3,(H,46,49)/b15-14-,18-17-. The SMILES string of the molecule is CCCCCCC/C=C\C/C=C\CCCCCCCCCCCCCC(=O)NC(COC1OC(CO)C(O)C(O)C1O)C(O)CCCCCCCCCC. The molecule has 1 aliphatic rings. The van der Waals surface area contributed by atoms with Gasteiger partial charge in [0.15, 0.2) is 6.29 Å². The molecule has 0 spiro atoms. The third-order valence-corrected chi connectivity index (χ3v) is 10.8. The molecule has 0 aromatic heterocycles. The van der Waals surface area contributed by atoms with Crippen LogP contribution < -0.4 is 5.32 Å². The number of carbonyl (C=O) groups is 1. The highest BCUT2D eigenvalue weighted by molar-refractivity contribution is 5.76. The molecule has 0 bridgehead atoms. The van der Waals surface area contributed by atoms with Gasteiger partial charge in [0.1, 0.15) is 24.4 Å². The molecule has 0 radical (unpaired) electrons. The topological polar surface area (TPSA) is 149 Å². The van der Waals surface area contributed by atoms with E-state index in [-0.39, 0.29) is 12.5 Å². The van der Waals surface area contributed by atoms with Gasteiger partial charge in [0.05, 0.1) is 25.4 Å². The molecule has 0 aromatic carbocycles. The van der Waals surface area contributed by atoms with E-state index in [4.69, 9.17) is 9.47 Å². The van der Waals surface area contributed by atoms with Gasteiger partial charge in [-0.25, -0.2) is 0 Å². The summed E-state index contributed by atoms with van der Waals surface area (Å²) in [6.45, 7) is 3.78. The molecule has 1 amide bonds. The normalized spacial score (nSPS) is 21.6. The molecule has 1 aliphatic heterocycles. The van der Waals surface area contributed by atoms with Crippen molar-refractivity contribution in [2.45, 2.75) is 243 Å². The Morgan fingerprint density at radius 1 is 0.630 bits per heavy atom. The Kier molecular flexibility index (Phi) is 33.8. The van der Waals surface area contributed by atoms with Crippen molar-refractivity contribution in [2.24, 2.45) is 0 Å². The number of amides is 1. The first-order valence-electron chi connectivity index (χ1n) is 22.5. The minimum atomic E-state index is -1.55. The van der Waals surface area contributed by atoms with Gasteiger partial charge in [-0.05, 0) is 44.9 Å². The minimum Gasteiger partial charge on any atom is -0.394 e. The summed E-state index contributed by atoms with van der Waals surface area (Å²) in [5, 5.41) is 54.1. The van der Waals surface area contributed by atoms with Gasteiger partial charge in [-0.2, -0.15) is 0 Å². The summed E-state index contributed by atoms with van der Waals surface area (Å²) in [6, 6.07) is -0.715. The van der Waals surface area contributed by atoms with E-state index >= 15 is 0 Å². The molecule has 318 valence electrons. The van der Waals surface area contributed by atoms with Crippen LogP contribution in [0.5, 0.6) is 0 Å². The molecule has 7 unspecified atom stereocenters. The maximum atomic E-state index is 12.9. The molecule has 1 saturated heterocycles. The van der Waals surface area contributed by atoms with Crippen LogP contribution in [0.25, 0.3) is 0 Å². The number of aliphatic hydroxyl groups excluding tert-OH is 5. The Balaban J connectivity index is 2.22. The predicted molar refractivity (Wildman–Crippen MR) is 221 cm³/mol. The van der Waals surface area contributed by atoms with Gasteiger partial charge in [-0.15, -0.1) is 0 Å². The van der Waals surface area contributed by atoms with Crippen LogP contribution in [0.15, 0.2) is 24.3 Å². The van der Waals surface area contributed by atoms with Crippen LogP contribution in [-0.2, 0) is 14.3 Å². The molecule has 1 fully saturated rings. The molecule has 54 heavy (non-hydrogen) atoms. The van der Waals surface area contributed by atoms with Gasteiger partial charge in [0.25, 0.3) is 0 Å². The molecular weight excluding hydrogens is 682 g/mol. The zero-order valence-corrected chi connectivity index (χ0v) is 34.7. The second-order valence-electron chi connectivity index (χ2n) is 15.8. The van der Waals surface area contributed by atoms with Gasteiger partial charge in [-0.3, -0.25) is 4.79 Å². The van der Waals surface area contributed by atoms with Crippen molar-refractivity contribution in [3.8, 4) is 0 Å². The maximum absolute atomic E-state index is 12.9. The second kappa shape index (κ2) is 36.0. The van der Waals surface area contributed by atoms with E-state index in [1.54, 1.807) is 0 Å². The summed E-state index contributed by atoms with van der Waals surface area (Å²) in [5.74, 6) is -0.150. The summed E-state index contributed by atoms with van der Waals surface area (Å²) >= 11 is 0. The van der Waals surface area contributed by atoms with Crippen LogP contribution in [-0.4, -0.2) is 87.5 Å². The predicted octanol–water partition coefficient (Wildman–Crippen LogP) is 9.11. The maximum Gasteiger partial charge on any atom is 0.220 e. The van der Waals surface area contributed by atoms with Crippen molar-refractivity contribution in [3.63, 3.8) is 0 Å².